The molecule has 0 bridgehead atoms. The molecular weight excluding hydrogens is 641 g/mol. The summed E-state index contributed by atoms with van der Waals surface area (Å²) in [6.07, 6.45) is 0. The standard InChI is InChI=1S/C51H32N2/c1-2-19-38(20-3-1)53-50-46-28-13-7-22-40(46)39-21-6-12-27-45(39)49(50)52-51(53)37-18-14-17-35(32-37)47-41-23-8-10-25-43(41)48(44-26-11-9-24-42(44)47)36-30-29-33-15-4-5-16-34(33)31-36/h1-32H. The Labute approximate surface area is 306 Å². The van der Waals surface area contributed by atoms with E-state index >= 15 is 0 Å². The zero-order valence-corrected chi connectivity index (χ0v) is 28.9. The summed E-state index contributed by atoms with van der Waals surface area (Å²) >= 11 is 0. The summed E-state index contributed by atoms with van der Waals surface area (Å²) in [5.41, 5.74) is 9.20. The highest BCUT2D eigenvalue weighted by Crippen LogP contribution is 2.45. The van der Waals surface area contributed by atoms with Gasteiger partial charge in [0.2, 0.25) is 0 Å². The first-order valence-corrected chi connectivity index (χ1v) is 18.2. The quantitative estimate of drug-likeness (QED) is 0.134. The van der Waals surface area contributed by atoms with Crippen molar-refractivity contribution < 1.29 is 0 Å². The Kier molecular flexibility index (Phi) is 6.59. The summed E-state index contributed by atoms with van der Waals surface area (Å²) in [6, 6.07) is 70.4. The molecule has 0 amide bonds. The van der Waals surface area contributed by atoms with E-state index in [2.05, 4.69) is 199 Å². The topological polar surface area (TPSA) is 17.8 Å². The molecule has 0 atom stereocenters. The molecule has 11 rings (SSSR count). The van der Waals surface area contributed by atoms with Crippen LogP contribution in [-0.2, 0) is 0 Å². The summed E-state index contributed by atoms with van der Waals surface area (Å²) < 4.78 is 2.36. The number of hydrogen-bond acceptors (Lipinski definition) is 1. The smallest absolute Gasteiger partial charge is 0.145 e. The van der Waals surface area contributed by atoms with Crippen LogP contribution in [0.5, 0.6) is 0 Å². The van der Waals surface area contributed by atoms with Gasteiger partial charge in [-0.05, 0) is 89.6 Å². The van der Waals surface area contributed by atoms with Crippen LogP contribution in [0.15, 0.2) is 194 Å². The fourth-order valence-corrected chi connectivity index (χ4v) is 8.64. The molecule has 2 nitrogen and oxygen atoms in total. The van der Waals surface area contributed by atoms with Gasteiger partial charge in [-0.2, -0.15) is 0 Å². The molecule has 246 valence electrons. The van der Waals surface area contributed by atoms with Crippen molar-refractivity contribution in [3.63, 3.8) is 0 Å². The Morgan fingerprint density at radius 3 is 1.47 bits per heavy atom. The van der Waals surface area contributed by atoms with E-state index in [-0.39, 0.29) is 0 Å². The van der Waals surface area contributed by atoms with Crippen molar-refractivity contribution in [3.8, 4) is 39.3 Å². The summed E-state index contributed by atoms with van der Waals surface area (Å²) in [7, 11) is 0. The van der Waals surface area contributed by atoms with Crippen LogP contribution < -0.4 is 0 Å². The Bertz CT molecular complexity index is 3170. The Balaban J connectivity index is 1.20. The van der Waals surface area contributed by atoms with E-state index in [4.69, 9.17) is 4.98 Å². The van der Waals surface area contributed by atoms with Gasteiger partial charge in [0.15, 0.2) is 0 Å². The van der Waals surface area contributed by atoms with Gasteiger partial charge < -0.3 is 0 Å². The second-order valence-corrected chi connectivity index (χ2v) is 13.9. The Hall–Kier alpha value is -7.03. The normalized spacial score (nSPS) is 11.8. The molecule has 11 aromatic rings. The molecule has 0 unspecified atom stereocenters. The van der Waals surface area contributed by atoms with Gasteiger partial charge in [-0.1, -0.05) is 170 Å². The minimum atomic E-state index is 0.927. The van der Waals surface area contributed by atoms with Crippen molar-refractivity contribution in [1.82, 2.24) is 9.55 Å². The molecule has 1 aromatic heterocycles. The summed E-state index contributed by atoms with van der Waals surface area (Å²) in [4.78, 5) is 5.54. The lowest BCUT2D eigenvalue weighted by Gasteiger charge is -2.18. The number of fused-ring (bicyclic) bond motifs is 9. The largest absolute Gasteiger partial charge is 0.292 e. The number of benzene rings is 10. The summed E-state index contributed by atoms with van der Waals surface area (Å²) in [6.45, 7) is 0. The van der Waals surface area contributed by atoms with Crippen LogP contribution in [0.1, 0.15) is 0 Å². The number of nitrogens with zero attached hydrogens (tertiary/aromatic N) is 2. The number of para-hydroxylation sites is 1. The van der Waals surface area contributed by atoms with Crippen LogP contribution >= 0.6 is 0 Å². The molecule has 0 radical (unpaired) electrons. The van der Waals surface area contributed by atoms with Crippen LogP contribution in [0, 0.1) is 0 Å². The minimum absolute atomic E-state index is 0.927. The first-order chi connectivity index (χ1) is 26.3. The second kappa shape index (κ2) is 11.8. The highest BCUT2D eigenvalue weighted by atomic mass is 15.1. The molecule has 1 heterocycles. The molecule has 10 aromatic carbocycles. The van der Waals surface area contributed by atoms with Crippen molar-refractivity contribution in [2.75, 3.05) is 0 Å². The monoisotopic (exact) mass is 672 g/mol. The van der Waals surface area contributed by atoms with E-state index in [0.717, 1.165) is 33.5 Å². The van der Waals surface area contributed by atoms with Crippen LogP contribution in [0.2, 0.25) is 0 Å². The van der Waals surface area contributed by atoms with Crippen LogP contribution in [0.4, 0.5) is 0 Å². The molecule has 0 saturated heterocycles. The highest BCUT2D eigenvalue weighted by molar-refractivity contribution is 6.25. The molecule has 0 spiro atoms. The van der Waals surface area contributed by atoms with Crippen LogP contribution in [0.3, 0.4) is 0 Å². The van der Waals surface area contributed by atoms with Crippen molar-refractivity contribution in [2.45, 2.75) is 0 Å². The van der Waals surface area contributed by atoms with Gasteiger partial charge in [-0.3, -0.25) is 4.57 Å². The third-order valence-electron chi connectivity index (χ3n) is 10.9. The van der Waals surface area contributed by atoms with E-state index < -0.39 is 0 Å². The predicted octanol–water partition coefficient (Wildman–Crippen LogP) is 13.8. The SMILES string of the molecule is c1ccc(-n2c(-c3cccc(-c4c5ccccc5c(-c5ccc6ccccc6c5)c5ccccc45)c3)nc3c4ccccc4c4ccccc4c32)cc1. The fraction of sp³-hybridized carbons (Fsp3) is 0. The van der Waals surface area contributed by atoms with E-state index in [1.807, 2.05) is 0 Å². The Morgan fingerprint density at radius 2 is 0.811 bits per heavy atom. The first-order valence-electron chi connectivity index (χ1n) is 18.2. The predicted molar refractivity (Wildman–Crippen MR) is 225 cm³/mol. The lowest BCUT2D eigenvalue weighted by atomic mass is 9.85. The number of hydrogen-bond donors (Lipinski definition) is 0. The zero-order chi connectivity index (χ0) is 34.9. The Morgan fingerprint density at radius 1 is 0.321 bits per heavy atom. The number of rotatable bonds is 4. The number of imidazole rings is 1. The van der Waals surface area contributed by atoms with Gasteiger partial charge in [0.25, 0.3) is 0 Å². The maximum absolute atomic E-state index is 5.54. The van der Waals surface area contributed by atoms with Gasteiger partial charge >= 0.3 is 0 Å². The molecule has 0 N–H and O–H groups in total. The molecule has 0 fully saturated rings. The van der Waals surface area contributed by atoms with Crippen molar-refractivity contribution in [2.24, 2.45) is 0 Å². The molecule has 0 aliphatic carbocycles. The molecule has 2 heteroatoms. The van der Waals surface area contributed by atoms with Crippen LogP contribution in [0.25, 0.3) is 104 Å². The zero-order valence-electron chi connectivity index (χ0n) is 28.9. The lowest BCUT2D eigenvalue weighted by Crippen LogP contribution is -1.98. The molecule has 53 heavy (non-hydrogen) atoms. The maximum atomic E-state index is 5.54. The molecule has 0 aliphatic heterocycles. The number of aromatic nitrogens is 2. The van der Waals surface area contributed by atoms with E-state index in [1.165, 1.54) is 70.7 Å². The summed E-state index contributed by atoms with van der Waals surface area (Å²) in [5.74, 6) is 0.927. The second-order valence-electron chi connectivity index (χ2n) is 13.9. The average molecular weight is 673 g/mol. The molecular formula is C51H32N2. The van der Waals surface area contributed by atoms with Crippen molar-refractivity contribution in [1.29, 1.82) is 0 Å². The van der Waals surface area contributed by atoms with Crippen molar-refractivity contribution in [3.05, 3.63) is 194 Å². The van der Waals surface area contributed by atoms with Gasteiger partial charge in [0, 0.05) is 22.0 Å². The van der Waals surface area contributed by atoms with E-state index in [0.29, 0.717) is 0 Å². The summed E-state index contributed by atoms with van der Waals surface area (Å²) in [5, 5.41) is 12.3. The molecule has 0 saturated carbocycles. The molecule has 0 aliphatic rings. The average Bonchev–Trinajstić information content (AvgIpc) is 3.64. The third kappa shape index (κ3) is 4.56. The van der Waals surface area contributed by atoms with E-state index in [1.54, 1.807) is 0 Å². The van der Waals surface area contributed by atoms with Crippen LogP contribution in [-0.4, -0.2) is 9.55 Å². The van der Waals surface area contributed by atoms with Crippen molar-refractivity contribution >= 4 is 64.9 Å². The third-order valence-corrected chi connectivity index (χ3v) is 10.9. The fourth-order valence-electron chi connectivity index (χ4n) is 8.64. The van der Waals surface area contributed by atoms with Gasteiger partial charge in [0.1, 0.15) is 5.82 Å². The van der Waals surface area contributed by atoms with E-state index in [9.17, 15) is 0 Å². The maximum Gasteiger partial charge on any atom is 0.145 e. The lowest BCUT2D eigenvalue weighted by molar-refractivity contribution is 1.11. The van der Waals surface area contributed by atoms with Gasteiger partial charge in [0.05, 0.1) is 11.0 Å². The minimum Gasteiger partial charge on any atom is -0.292 e. The van der Waals surface area contributed by atoms with Gasteiger partial charge in [-0.25, -0.2) is 4.98 Å². The first kappa shape index (κ1) is 29.7. The highest BCUT2D eigenvalue weighted by Gasteiger charge is 2.22. The van der Waals surface area contributed by atoms with Gasteiger partial charge in [-0.15, -0.1) is 0 Å².